The maximum atomic E-state index is 13.0. The molecule has 1 N–H and O–H groups in total. The summed E-state index contributed by atoms with van der Waals surface area (Å²) in [6.45, 7) is 5.16. The normalized spacial score (nSPS) is 20.1. The van der Waals surface area contributed by atoms with Gasteiger partial charge in [0.1, 0.15) is 0 Å². The summed E-state index contributed by atoms with van der Waals surface area (Å²) < 4.78 is 0. The van der Waals surface area contributed by atoms with Crippen LogP contribution in [0.15, 0.2) is 54.9 Å². The SMILES string of the molecule is O=C1NCCN(CCc2ccccc2)[C@H]1CC(=O)N1CCN(c2ccncc2)CC1. The number of hydrogen-bond donors (Lipinski definition) is 1. The van der Waals surface area contributed by atoms with Crippen molar-refractivity contribution in [2.45, 2.75) is 18.9 Å². The number of aromatic nitrogens is 1. The molecule has 3 heterocycles. The minimum absolute atomic E-state index is 0.0296. The van der Waals surface area contributed by atoms with Gasteiger partial charge in [0.15, 0.2) is 0 Å². The molecule has 2 aliphatic heterocycles. The van der Waals surface area contributed by atoms with E-state index in [-0.39, 0.29) is 24.3 Å². The zero-order valence-electron chi connectivity index (χ0n) is 17.2. The van der Waals surface area contributed by atoms with Crippen molar-refractivity contribution in [2.75, 3.05) is 50.7 Å². The van der Waals surface area contributed by atoms with Gasteiger partial charge in [-0.05, 0) is 24.1 Å². The molecule has 158 valence electrons. The van der Waals surface area contributed by atoms with Crippen LogP contribution in [0.25, 0.3) is 0 Å². The van der Waals surface area contributed by atoms with Gasteiger partial charge in [0.2, 0.25) is 11.8 Å². The van der Waals surface area contributed by atoms with Crippen molar-refractivity contribution in [3.05, 3.63) is 60.4 Å². The minimum Gasteiger partial charge on any atom is -0.368 e. The lowest BCUT2D eigenvalue weighted by Crippen LogP contribution is -2.58. The Labute approximate surface area is 177 Å². The lowest BCUT2D eigenvalue weighted by atomic mass is 10.1. The zero-order chi connectivity index (χ0) is 20.8. The van der Waals surface area contributed by atoms with Gasteiger partial charge in [-0.1, -0.05) is 30.3 Å². The molecule has 4 rings (SSSR count). The van der Waals surface area contributed by atoms with E-state index in [0.29, 0.717) is 19.6 Å². The van der Waals surface area contributed by atoms with Crippen LogP contribution in [0.2, 0.25) is 0 Å². The van der Waals surface area contributed by atoms with Gasteiger partial charge in [0.05, 0.1) is 12.5 Å². The molecular weight excluding hydrogens is 378 g/mol. The quantitative estimate of drug-likeness (QED) is 0.778. The second-order valence-corrected chi connectivity index (χ2v) is 7.86. The van der Waals surface area contributed by atoms with Gasteiger partial charge in [-0.25, -0.2) is 0 Å². The molecule has 7 nitrogen and oxygen atoms in total. The highest BCUT2D eigenvalue weighted by Gasteiger charge is 2.33. The van der Waals surface area contributed by atoms with E-state index < -0.39 is 0 Å². The van der Waals surface area contributed by atoms with E-state index in [2.05, 4.69) is 32.2 Å². The van der Waals surface area contributed by atoms with Crippen molar-refractivity contribution >= 4 is 17.5 Å². The molecular formula is C23H29N5O2. The van der Waals surface area contributed by atoms with E-state index in [1.165, 1.54) is 5.56 Å². The summed E-state index contributed by atoms with van der Waals surface area (Å²) in [6, 6.07) is 13.9. The first kappa shape index (κ1) is 20.3. The van der Waals surface area contributed by atoms with Gasteiger partial charge in [-0.2, -0.15) is 0 Å². The molecule has 0 spiro atoms. The highest BCUT2D eigenvalue weighted by Crippen LogP contribution is 2.17. The van der Waals surface area contributed by atoms with Gasteiger partial charge in [-0.3, -0.25) is 19.5 Å². The Morgan fingerprint density at radius 1 is 1.00 bits per heavy atom. The Morgan fingerprint density at radius 3 is 2.47 bits per heavy atom. The number of amides is 2. The third-order valence-corrected chi connectivity index (χ3v) is 6.00. The maximum Gasteiger partial charge on any atom is 0.237 e. The summed E-state index contributed by atoms with van der Waals surface area (Å²) >= 11 is 0. The highest BCUT2D eigenvalue weighted by atomic mass is 16.2. The van der Waals surface area contributed by atoms with Gasteiger partial charge in [-0.15, -0.1) is 0 Å². The number of benzene rings is 1. The second kappa shape index (κ2) is 9.71. The first-order valence-corrected chi connectivity index (χ1v) is 10.7. The third-order valence-electron chi connectivity index (χ3n) is 6.00. The van der Waals surface area contributed by atoms with Crippen LogP contribution < -0.4 is 10.2 Å². The Balaban J connectivity index is 1.32. The molecule has 2 amide bonds. The lowest BCUT2D eigenvalue weighted by molar-refractivity contribution is -0.139. The molecule has 0 radical (unpaired) electrons. The van der Waals surface area contributed by atoms with Crippen LogP contribution in [0.4, 0.5) is 5.69 Å². The first-order valence-electron chi connectivity index (χ1n) is 10.7. The van der Waals surface area contributed by atoms with E-state index in [4.69, 9.17) is 0 Å². The minimum atomic E-state index is -0.381. The van der Waals surface area contributed by atoms with Crippen LogP contribution in [0.3, 0.4) is 0 Å². The topological polar surface area (TPSA) is 68.8 Å². The number of hydrogen-bond acceptors (Lipinski definition) is 5. The number of anilines is 1. The van der Waals surface area contributed by atoms with Crippen molar-refractivity contribution in [3.63, 3.8) is 0 Å². The Kier molecular flexibility index (Phi) is 6.59. The molecule has 2 saturated heterocycles. The Morgan fingerprint density at radius 2 is 1.73 bits per heavy atom. The van der Waals surface area contributed by atoms with Crippen LogP contribution >= 0.6 is 0 Å². The van der Waals surface area contributed by atoms with Crippen LogP contribution in [0.1, 0.15) is 12.0 Å². The van der Waals surface area contributed by atoms with Gasteiger partial charge >= 0.3 is 0 Å². The van der Waals surface area contributed by atoms with Crippen molar-refractivity contribution in [3.8, 4) is 0 Å². The number of nitrogens with zero attached hydrogens (tertiary/aromatic N) is 4. The van der Waals surface area contributed by atoms with Crippen LogP contribution in [0.5, 0.6) is 0 Å². The average molecular weight is 408 g/mol. The molecule has 2 aromatic rings. The number of rotatable bonds is 6. The molecule has 1 aromatic carbocycles. The third kappa shape index (κ3) is 4.97. The first-order chi connectivity index (χ1) is 14.7. The predicted molar refractivity (Wildman–Crippen MR) is 116 cm³/mol. The summed E-state index contributed by atoms with van der Waals surface area (Å²) in [5.74, 6) is 0.0363. The Bertz CT molecular complexity index is 837. The molecule has 0 unspecified atom stereocenters. The number of carbonyl (C=O) groups is 2. The summed E-state index contributed by atoms with van der Waals surface area (Å²) in [5.41, 5.74) is 2.39. The molecule has 2 aliphatic rings. The number of carbonyl (C=O) groups excluding carboxylic acids is 2. The van der Waals surface area contributed by atoms with E-state index in [9.17, 15) is 9.59 Å². The smallest absolute Gasteiger partial charge is 0.237 e. The standard InChI is InChI=1S/C23H29N5O2/c29-22(28-16-14-26(15-17-28)20-6-9-24-10-7-20)18-21-23(30)25-11-13-27(21)12-8-19-4-2-1-3-5-19/h1-7,9-10,21H,8,11-18H2,(H,25,30)/t21-/m0/s1. The average Bonchev–Trinajstić information content (AvgIpc) is 2.81. The van der Waals surface area contributed by atoms with Crippen LogP contribution in [-0.4, -0.2) is 78.5 Å². The van der Waals surface area contributed by atoms with E-state index >= 15 is 0 Å². The van der Waals surface area contributed by atoms with Crippen molar-refractivity contribution < 1.29 is 9.59 Å². The summed E-state index contributed by atoms with van der Waals surface area (Å²) in [5, 5.41) is 2.93. The van der Waals surface area contributed by atoms with Crippen molar-refractivity contribution in [1.82, 2.24) is 20.1 Å². The van der Waals surface area contributed by atoms with Gasteiger partial charge in [0, 0.05) is 63.9 Å². The molecule has 30 heavy (non-hydrogen) atoms. The fraction of sp³-hybridized carbons (Fsp3) is 0.435. The number of nitrogens with one attached hydrogen (secondary N) is 1. The lowest BCUT2D eigenvalue weighted by Gasteiger charge is -2.38. The van der Waals surface area contributed by atoms with Crippen molar-refractivity contribution in [2.24, 2.45) is 0 Å². The molecule has 1 atom stereocenters. The second-order valence-electron chi connectivity index (χ2n) is 7.86. The van der Waals surface area contributed by atoms with E-state index in [1.54, 1.807) is 12.4 Å². The highest BCUT2D eigenvalue weighted by molar-refractivity contribution is 5.89. The van der Waals surface area contributed by atoms with Crippen LogP contribution in [0, 0.1) is 0 Å². The predicted octanol–water partition coefficient (Wildman–Crippen LogP) is 1.16. The molecule has 0 aliphatic carbocycles. The van der Waals surface area contributed by atoms with Gasteiger partial charge < -0.3 is 15.1 Å². The van der Waals surface area contributed by atoms with Gasteiger partial charge in [0.25, 0.3) is 0 Å². The molecule has 7 heteroatoms. The molecule has 1 aromatic heterocycles. The van der Waals surface area contributed by atoms with E-state index in [0.717, 1.165) is 38.3 Å². The summed E-state index contributed by atoms with van der Waals surface area (Å²) in [7, 11) is 0. The maximum absolute atomic E-state index is 13.0. The number of pyridine rings is 1. The summed E-state index contributed by atoms with van der Waals surface area (Å²) in [6.07, 6.45) is 4.70. The van der Waals surface area contributed by atoms with Crippen LogP contribution in [-0.2, 0) is 16.0 Å². The molecule has 0 bridgehead atoms. The van der Waals surface area contributed by atoms with Crippen molar-refractivity contribution in [1.29, 1.82) is 0 Å². The zero-order valence-corrected chi connectivity index (χ0v) is 17.2. The number of piperazine rings is 2. The Hall–Kier alpha value is -2.93. The summed E-state index contributed by atoms with van der Waals surface area (Å²) in [4.78, 5) is 35.9. The molecule has 0 saturated carbocycles. The fourth-order valence-electron chi connectivity index (χ4n) is 4.23. The monoisotopic (exact) mass is 407 g/mol. The fourth-order valence-corrected chi connectivity index (χ4v) is 4.23. The largest absolute Gasteiger partial charge is 0.368 e. The molecule has 2 fully saturated rings. The van der Waals surface area contributed by atoms with E-state index in [1.807, 2.05) is 35.2 Å².